The van der Waals surface area contributed by atoms with Crippen molar-refractivity contribution in [2.75, 3.05) is 45.2 Å². The van der Waals surface area contributed by atoms with Gasteiger partial charge in [0.15, 0.2) is 0 Å². The molecule has 1 aromatic carbocycles. The van der Waals surface area contributed by atoms with Crippen LogP contribution in [0.15, 0.2) is 24.3 Å². The first-order chi connectivity index (χ1) is 9.16. The van der Waals surface area contributed by atoms with Gasteiger partial charge in [0.2, 0.25) is 5.91 Å². The molecule has 1 N–H and O–H groups in total. The van der Waals surface area contributed by atoms with Crippen LogP contribution in [0.1, 0.15) is 12.0 Å². The molecular formula is C15H23N3O. The van der Waals surface area contributed by atoms with Crippen molar-refractivity contribution < 1.29 is 4.79 Å². The summed E-state index contributed by atoms with van der Waals surface area (Å²) in [5.74, 6) is 0.276. The molecule has 1 aliphatic rings. The maximum Gasteiger partial charge on any atom is 0.222 e. The Bertz CT molecular complexity index is 408. The Labute approximate surface area is 115 Å². The fourth-order valence-corrected chi connectivity index (χ4v) is 2.28. The van der Waals surface area contributed by atoms with E-state index in [1.807, 2.05) is 19.0 Å². The summed E-state index contributed by atoms with van der Waals surface area (Å²) in [6, 6.07) is 8.43. The maximum absolute atomic E-state index is 12.0. The van der Waals surface area contributed by atoms with Crippen molar-refractivity contribution in [1.29, 1.82) is 0 Å². The largest absolute Gasteiger partial charge is 0.378 e. The van der Waals surface area contributed by atoms with E-state index >= 15 is 0 Å². The molecule has 19 heavy (non-hydrogen) atoms. The average Bonchev–Trinajstić information content (AvgIpc) is 2.46. The Morgan fingerprint density at radius 2 is 1.84 bits per heavy atom. The van der Waals surface area contributed by atoms with Gasteiger partial charge in [-0.05, 0) is 24.1 Å². The summed E-state index contributed by atoms with van der Waals surface area (Å²) < 4.78 is 0. The van der Waals surface area contributed by atoms with Gasteiger partial charge in [0, 0.05) is 52.4 Å². The van der Waals surface area contributed by atoms with E-state index in [2.05, 4.69) is 34.5 Å². The topological polar surface area (TPSA) is 35.6 Å². The SMILES string of the molecule is CN(C)c1ccc(CCC(=O)N2CCNCC2)cc1. The van der Waals surface area contributed by atoms with Crippen molar-refractivity contribution >= 4 is 11.6 Å². The summed E-state index contributed by atoms with van der Waals surface area (Å²) in [7, 11) is 4.06. The summed E-state index contributed by atoms with van der Waals surface area (Å²) in [4.78, 5) is 16.1. The summed E-state index contributed by atoms with van der Waals surface area (Å²) in [5.41, 5.74) is 2.42. The molecule has 1 saturated heterocycles. The minimum absolute atomic E-state index is 0.276. The van der Waals surface area contributed by atoms with Crippen LogP contribution >= 0.6 is 0 Å². The normalized spacial score (nSPS) is 15.4. The van der Waals surface area contributed by atoms with Gasteiger partial charge in [-0.2, -0.15) is 0 Å². The number of aryl methyl sites for hydroxylation is 1. The van der Waals surface area contributed by atoms with Crippen molar-refractivity contribution in [2.45, 2.75) is 12.8 Å². The van der Waals surface area contributed by atoms with Crippen LogP contribution < -0.4 is 10.2 Å². The molecule has 0 aromatic heterocycles. The Morgan fingerprint density at radius 1 is 1.21 bits per heavy atom. The van der Waals surface area contributed by atoms with Crippen molar-refractivity contribution in [3.8, 4) is 0 Å². The molecular weight excluding hydrogens is 238 g/mol. The highest BCUT2D eigenvalue weighted by Gasteiger charge is 2.15. The summed E-state index contributed by atoms with van der Waals surface area (Å²) in [6.45, 7) is 3.53. The van der Waals surface area contributed by atoms with Crippen LogP contribution in [0.3, 0.4) is 0 Å². The van der Waals surface area contributed by atoms with E-state index in [0.717, 1.165) is 32.6 Å². The van der Waals surface area contributed by atoms with E-state index in [4.69, 9.17) is 0 Å². The summed E-state index contributed by atoms with van der Waals surface area (Å²) in [5, 5.41) is 3.26. The second-order valence-corrected chi connectivity index (χ2v) is 5.19. The quantitative estimate of drug-likeness (QED) is 0.882. The van der Waals surface area contributed by atoms with Gasteiger partial charge in [-0.3, -0.25) is 4.79 Å². The van der Waals surface area contributed by atoms with Crippen molar-refractivity contribution in [1.82, 2.24) is 10.2 Å². The number of hydrogen-bond acceptors (Lipinski definition) is 3. The third-order valence-corrected chi connectivity index (χ3v) is 3.55. The molecule has 1 aliphatic heterocycles. The highest BCUT2D eigenvalue weighted by Crippen LogP contribution is 2.13. The number of hydrogen-bond donors (Lipinski definition) is 1. The first-order valence-corrected chi connectivity index (χ1v) is 6.91. The molecule has 0 aliphatic carbocycles. The number of nitrogens with one attached hydrogen (secondary N) is 1. The zero-order valence-electron chi connectivity index (χ0n) is 11.9. The van der Waals surface area contributed by atoms with Crippen LogP contribution in [0.2, 0.25) is 0 Å². The van der Waals surface area contributed by atoms with Gasteiger partial charge in [0.05, 0.1) is 0 Å². The standard InChI is InChI=1S/C15H23N3O/c1-17(2)14-6-3-13(4-7-14)5-8-15(19)18-11-9-16-10-12-18/h3-4,6-7,16H,5,8-12H2,1-2H3. The third kappa shape index (κ3) is 3.96. The zero-order valence-corrected chi connectivity index (χ0v) is 11.9. The minimum atomic E-state index is 0.276. The number of carbonyl (C=O) groups excluding carboxylic acids is 1. The molecule has 1 heterocycles. The lowest BCUT2D eigenvalue weighted by atomic mass is 10.1. The molecule has 1 aromatic rings. The lowest BCUT2D eigenvalue weighted by molar-refractivity contribution is -0.131. The second-order valence-electron chi connectivity index (χ2n) is 5.19. The molecule has 2 rings (SSSR count). The number of rotatable bonds is 4. The summed E-state index contributed by atoms with van der Waals surface area (Å²) >= 11 is 0. The van der Waals surface area contributed by atoms with Gasteiger partial charge in [-0.15, -0.1) is 0 Å². The van der Waals surface area contributed by atoms with Crippen LogP contribution in [0.25, 0.3) is 0 Å². The molecule has 4 nitrogen and oxygen atoms in total. The van der Waals surface area contributed by atoms with Crippen molar-refractivity contribution in [2.24, 2.45) is 0 Å². The Kier molecular flexibility index (Phi) is 4.80. The lowest BCUT2D eigenvalue weighted by Crippen LogP contribution is -2.46. The number of carbonyl (C=O) groups is 1. The third-order valence-electron chi connectivity index (χ3n) is 3.55. The van der Waals surface area contributed by atoms with Gasteiger partial charge >= 0.3 is 0 Å². The molecule has 0 atom stereocenters. The Balaban J connectivity index is 1.82. The van der Waals surface area contributed by atoms with Gasteiger partial charge < -0.3 is 15.1 Å². The minimum Gasteiger partial charge on any atom is -0.378 e. The van der Waals surface area contributed by atoms with Gasteiger partial charge in [0.25, 0.3) is 0 Å². The Morgan fingerprint density at radius 3 is 2.42 bits per heavy atom. The van der Waals surface area contributed by atoms with Crippen LogP contribution in [-0.2, 0) is 11.2 Å². The maximum atomic E-state index is 12.0. The second kappa shape index (κ2) is 6.57. The highest BCUT2D eigenvalue weighted by atomic mass is 16.2. The van der Waals surface area contributed by atoms with Gasteiger partial charge in [0.1, 0.15) is 0 Å². The van der Waals surface area contributed by atoms with E-state index in [1.54, 1.807) is 0 Å². The van der Waals surface area contributed by atoms with Crippen molar-refractivity contribution in [3.05, 3.63) is 29.8 Å². The van der Waals surface area contributed by atoms with Crippen molar-refractivity contribution in [3.63, 3.8) is 0 Å². The number of nitrogens with zero attached hydrogens (tertiary/aromatic N) is 2. The van der Waals surface area contributed by atoms with Gasteiger partial charge in [-0.25, -0.2) is 0 Å². The highest BCUT2D eigenvalue weighted by molar-refractivity contribution is 5.76. The fourth-order valence-electron chi connectivity index (χ4n) is 2.28. The molecule has 1 amide bonds. The number of amides is 1. The van der Waals surface area contributed by atoms with Crippen LogP contribution in [-0.4, -0.2) is 51.1 Å². The molecule has 0 unspecified atom stereocenters. The molecule has 0 bridgehead atoms. The molecule has 4 heteroatoms. The first-order valence-electron chi connectivity index (χ1n) is 6.91. The zero-order chi connectivity index (χ0) is 13.7. The molecule has 1 fully saturated rings. The van der Waals surface area contributed by atoms with Gasteiger partial charge in [-0.1, -0.05) is 12.1 Å². The first kappa shape index (κ1) is 13.9. The van der Waals surface area contributed by atoms with Crippen LogP contribution in [0.5, 0.6) is 0 Å². The Hall–Kier alpha value is -1.55. The van der Waals surface area contributed by atoms with Crippen LogP contribution in [0.4, 0.5) is 5.69 Å². The van der Waals surface area contributed by atoms with E-state index in [-0.39, 0.29) is 5.91 Å². The predicted octanol–water partition coefficient (Wildman–Crippen LogP) is 1.12. The summed E-state index contributed by atoms with van der Waals surface area (Å²) in [6.07, 6.45) is 1.44. The van der Waals surface area contributed by atoms with E-state index < -0.39 is 0 Å². The number of piperazine rings is 1. The number of benzene rings is 1. The molecule has 0 saturated carbocycles. The van der Waals surface area contributed by atoms with Crippen LogP contribution in [0, 0.1) is 0 Å². The predicted molar refractivity (Wildman–Crippen MR) is 78.5 cm³/mol. The fraction of sp³-hybridized carbons (Fsp3) is 0.533. The average molecular weight is 261 g/mol. The van der Waals surface area contributed by atoms with E-state index in [9.17, 15) is 4.79 Å². The molecule has 104 valence electrons. The molecule has 0 spiro atoms. The van der Waals surface area contributed by atoms with E-state index in [0.29, 0.717) is 6.42 Å². The monoisotopic (exact) mass is 261 g/mol. The smallest absolute Gasteiger partial charge is 0.222 e. The number of anilines is 1. The van der Waals surface area contributed by atoms with E-state index in [1.165, 1.54) is 11.3 Å². The molecule has 0 radical (unpaired) electrons. The lowest BCUT2D eigenvalue weighted by Gasteiger charge is -2.27.